The Morgan fingerprint density at radius 1 is 1.33 bits per heavy atom. The molecule has 0 bridgehead atoms. The van der Waals surface area contributed by atoms with E-state index in [9.17, 15) is 4.79 Å². The summed E-state index contributed by atoms with van der Waals surface area (Å²) in [5.74, 6) is -0.665. The van der Waals surface area contributed by atoms with Crippen LogP contribution < -0.4 is 5.32 Å². The maximum atomic E-state index is 10.8. The third kappa shape index (κ3) is 4.34. The normalized spacial score (nSPS) is 14.8. The zero-order chi connectivity index (χ0) is 9.94. The Bertz CT molecular complexity index is 158. The Kier molecular flexibility index (Phi) is 3.71. The van der Waals surface area contributed by atoms with E-state index in [0.29, 0.717) is 0 Å². The topological polar surface area (TPSA) is 49.3 Å². The number of carboxylic acid groups (broad SMARTS) is 1. The fourth-order valence-corrected chi connectivity index (χ4v) is 0.980. The average molecular weight is 173 g/mol. The zero-order valence-electron chi connectivity index (χ0n) is 8.51. The second kappa shape index (κ2) is 3.90. The first kappa shape index (κ1) is 11.4. The minimum absolute atomic E-state index is 0.113. The minimum atomic E-state index is -0.778. The predicted octanol–water partition coefficient (Wildman–Crippen LogP) is 1.48. The highest BCUT2D eigenvalue weighted by Crippen LogP contribution is 2.08. The highest BCUT2D eigenvalue weighted by atomic mass is 16.4. The first-order valence-corrected chi connectivity index (χ1v) is 4.24. The SMILES string of the molecule is CC(C)[C@H](NC(C)(C)C)C(=O)O. The van der Waals surface area contributed by atoms with E-state index in [2.05, 4.69) is 5.32 Å². The third-order valence-corrected chi connectivity index (χ3v) is 1.52. The second-order valence-corrected chi connectivity index (χ2v) is 4.45. The Morgan fingerprint density at radius 2 is 1.75 bits per heavy atom. The molecule has 72 valence electrons. The van der Waals surface area contributed by atoms with Crippen molar-refractivity contribution in [1.29, 1.82) is 0 Å². The van der Waals surface area contributed by atoms with Gasteiger partial charge >= 0.3 is 5.97 Å². The number of hydrogen-bond acceptors (Lipinski definition) is 2. The minimum Gasteiger partial charge on any atom is -0.480 e. The van der Waals surface area contributed by atoms with E-state index in [1.165, 1.54) is 0 Å². The Balaban J connectivity index is 4.25. The molecule has 0 heterocycles. The van der Waals surface area contributed by atoms with Crippen LogP contribution in [0.3, 0.4) is 0 Å². The molecule has 12 heavy (non-hydrogen) atoms. The van der Waals surface area contributed by atoms with Gasteiger partial charge in [-0.1, -0.05) is 13.8 Å². The van der Waals surface area contributed by atoms with Gasteiger partial charge in [0.25, 0.3) is 0 Å². The molecule has 0 aromatic heterocycles. The molecule has 0 fully saturated rings. The summed E-state index contributed by atoms with van der Waals surface area (Å²) in [6.45, 7) is 9.69. The smallest absolute Gasteiger partial charge is 0.320 e. The van der Waals surface area contributed by atoms with Gasteiger partial charge in [-0.3, -0.25) is 10.1 Å². The molecule has 0 saturated carbocycles. The van der Waals surface area contributed by atoms with E-state index in [-0.39, 0.29) is 11.5 Å². The lowest BCUT2D eigenvalue weighted by Gasteiger charge is -2.28. The van der Waals surface area contributed by atoms with Crippen molar-refractivity contribution in [3.63, 3.8) is 0 Å². The largest absolute Gasteiger partial charge is 0.480 e. The van der Waals surface area contributed by atoms with E-state index in [1.54, 1.807) is 0 Å². The van der Waals surface area contributed by atoms with Crippen molar-refractivity contribution in [3.8, 4) is 0 Å². The van der Waals surface area contributed by atoms with Gasteiger partial charge in [0.05, 0.1) is 0 Å². The second-order valence-electron chi connectivity index (χ2n) is 4.45. The number of carboxylic acids is 1. The van der Waals surface area contributed by atoms with Crippen molar-refractivity contribution in [2.24, 2.45) is 5.92 Å². The molecule has 0 rings (SSSR count). The molecular weight excluding hydrogens is 154 g/mol. The van der Waals surface area contributed by atoms with E-state index in [0.717, 1.165) is 0 Å². The van der Waals surface area contributed by atoms with Crippen LogP contribution in [0.1, 0.15) is 34.6 Å². The Labute approximate surface area is 74.2 Å². The summed E-state index contributed by atoms with van der Waals surface area (Å²) in [6, 6.07) is -0.454. The van der Waals surface area contributed by atoms with Crippen LogP contribution in [-0.2, 0) is 4.79 Å². The number of aliphatic carboxylic acids is 1. The summed E-state index contributed by atoms with van der Waals surface area (Å²) >= 11 is 0. The zero-order valence-corrected chi connectivity index (χ0v) is 8.51. The molecule has 0 amide bonds. The molecule has 3 heteroatoms. The molecule has 0 spiro atoms. The number of nitrogens with one attached hydrogen (secondary N) is 1. The van der Waals surface area contributed by atoms with Gasteiger partial charge in [0, 0.05) is 5.54 Å². The molecule has 1 atom stereocenters. The van der Waals surface area contributed by atoms with E-state index >= 15 is 0 Å². The van der Waals surface area contributed by atoms with Crippen LogP contribution >= 0.6 is 0 Å². The third-order valence-electron chi connectivity index (χ3n) is 1.52. The fraction of sp³-hybridized carbons (Fsp3) is 0.889. The van der Waals surface area contributed by atoms with Crippen molar-refractivity contribution in [3.05, 3.63) is 0 Å². The predicted molar refractivity (Wildman–Crippen MR) is 49.2 cm³/mol. The van der Waals surface area contributed by atoms with E-state index in [1.807, 2.05) is 34.6 Å². The molecule has 0 unspecified atom stereocenters. The quantitative estimate of drug-likeness (QED) is 0.679. The van der Waals surface area contributed by atoms with Crippen LogP contribution in [0.25, 0.3) is 0 Å². The van der Waals surface area contributed by atoms with Gasteiger partial charge in [0.2, 0.25) is 0 Å². The van der Waals surface area contributed by atoms with Crippen molar-refractivity contribution < 1.29 is 9.90 Å². The summed E-state index contributed by atoms with van der Waals surface area (Å²) in [6.07, 6.45) is 0. The van der Waals surface area contributed by atoms with E-state index < -0.39 is 12.0 Å². The molecular formula is C9H19NO2. The maximum absolute atomic E-state index is 10.8. The number of carbonyl (C=O) groups is 1. The lowest BCUT2D eigenvalue weighted by atomic mass is 10.00. The first-order chi connectivity index (χ1) is 5.24. The number of hydrogen-bond donors (Lipinski definition) is 2. The highest BCUT2D eigenvalue weighted by molar-refractivity contribution is 5.73. The van der Waals surface area contributed by atoms with Gasteiger partial charge in [-0.25, -0.2) is 0 Å². The van der Waals surface area contributed by atoms with Crippen molar-refractivity contribution in [2.45, 2.75) is 46.2 Å². The van der Waals surface area contributed by atoms with Gasteiger partial charge in [-0.15, -0.1) is 0 Å². The monoisotopic (exact) mass is 173 g/mol. The molecule has 0 aliphatic heterocycles. The molecule has 3 nitrogen and oxygen atoms in total. The fourth-order valence-electron chi connectivity index (χ4n) is 0.980. The van der Waals surface area contributed by atoms with Crippen LogP contribution in [0.2, 0.25) is 0 Å². The van der Waals surface area contributed by atoms with Crippen LogP contribution in [0.5, 0.6) is 0 Å². The summed E-state index contributed by atoms with van der Waals surface area (Å²) in [4.78, 5) is 10.8. The van der Waals surface area contributed by atoms with E-state index in [4.69, 9.17) is 5.11 Å². The summed E-state index contributed by atoms with van der Waals surface area (Å²) in [5.41, 5.74) is -0.146. The maximum Gasteiger partial charge on any atom is 0.320 e. The molecule has 0 aromatic carbocycles. The number of rotatable bonds is 3. The van der Waals surface area contributed by atoms with Crippen LogP contribution in [0.4, 0.5) is 0 Å². The first-order valence-electron chi connectivity index (χ1n) is 4.24. The summed E-state index contributed by atoms with van der Waals surface area (Å²) < 4.78 is 0. The molecule has 2 N–H and O–H groups in total. The van der Waals surface area contributed by atoms with Crippen molar-refractivity contribution >= 4 is 5.97 Å². The van der Waals surface area contributed by atoms with Crippen molar-refractivity contribution in [1.82, 2.24) is 5.32 Å². The Morgan fingerprint density at radius 3 is 1.83 bits per heavy atom. The van der Waals surface area contributed by atoms with Crippen LogP contribution in [0.15, 0.2) is 0 Å². The van der Waals surface area contributed by atoms with Crippen LogP contribution in [-0.4, -0.2) is 22.7 Å². The van der Waals surface area contributed by atoms with Gasteiger partial charge in [-0.05, 0) is 26.7 Å². The molecule has 0 aromatic rings. The lowest BCUT2D eigenvalue weighted by molar-refractivity contribution is -0.141. The Hall–Kier alpha value is -0.570. The average Bonchev–Trinajstić information content (AvgIpc) is 1.79. The van der Waals surface area contributed by atoms with Crippen LogP contribution in [0, 0.1) is 5.92 Å². The van der Waals surface area contributed by atoms with Gasteiger partial charge < -0.3 is 5.11 Å². The standard InChI is InChI=1S/C9H19NO2/c1-6(2)7(8(11)12)10-9(3,4)5/h6-7,10H,1-5H3,(H,11,12)/t7-/m0/s1. The molecule has 0 aliphatic carbocycles. The van der Waals surface area contributed by atoms with Gasteiger partial charge in [-0.2, -0.15) is 0 Å². The molecule has 0 saturated heterocycles. The lowest BCUT2D eigenvalue weighted by Crippen LogP contribution is -2.50. The van der Waals surface area contributed by atoms with Crippen molar-refractivity contribution in [2.75, 3.05) is 0 Å². The highest BCUT2D eigenvalue weighted by Gasteiger charge is 2.25. The molecule has 0 aliphatic rings. The van der Waals surface area contributed by atoms with Gasteiger partial charge in [0.15, 0.2) is 0 Å². The summed E-state index contributed by atoms with van der Waals surface area (Å²) in [7, 11) is 0. The van der Waals surface area contributed by atoms with Gasteiger partial charge in [0.1, 0.15) is 6.04 Å². The summed E-state index contributed by atoms with van der Waals surface area (Å²) in [5, 5.41) is 11.9. The molecule has 0 radical (unpaired) electrons.